The second-order valence-electron chi connectivity index (χ2n) is 4.85. The van der Waals surface area contributed by atoms with Crippen LogP contribution in [0.15, 0.2) is 29.6 Å². The molecule has 3 rings (SSSR count). The molecule has 1 aliphatic rings. The van der Waals surface area contributed by atoms with Gasteiger partial charge in [-0.25, -0.2) is 4.68 Å². The molecule has 1 saturated carbocycles. The van der Waals surface area contributed by atoms with Crippen molar-refractivity contribution in [1.82, 2.24) is 30.5 Å². The van der Waals surface area contributed by atoms with Gasteiger partial charge < -0.3 is 5.32 Å². The van der Waals surface area contributed by atoms with E-state index in [-0.39, 0.29) is 5.91 Å². The number of amides is 1. The van der Waals surface area contributed by atoms with Crippen molar-refractivity contribution in [3.63, 3.8) is 0 Å². The van der Waals surface area contributed by atoms with E-state index in [0.717, 1.165) is 30.1 Å². The third-order valence-electron chi connectivity index (χ3n) is 3.12. The summed E-state index contributed by atoms with van der Waals surface area (Å²) in [5.41, 5.74) is 0.975. The molecule has 2 aromatic heterocycles. The van der Waals surface area contributed by atoms with Gasteiger partial charge in [-0.1, -0.05) is 17.8 Å². The predicted octanol–water partition coefficient (Wildman–Crippen LogP) is 0.854. The van der Waals surface area contributed by atoms with Crippen LogP contribution in [0.25, 0.3) is 0 Å². The maximum absolute atomic E-state index is 11.8. The lowest BCUT2D eigenvalue weighted by Crippen LogP contribution is -2.27. The molecule has 0 bridgehead atoms. The Morgan fingerprint density at radius 1 is 1.43 bits per heavy atom. The van der Waals surface area contributed by atoms with Gasteiger partial charge in [0.05, 0.1) is 11.8 Å². The highest BCUT2D eigenvalue weighted by molar-refractivity contribution is 7.99. The molecule has 7 nitrogen and oxygen atoms in total. The minimum absolute atomic E-state index is 0.0127. The van der Waals surface area contributed by atoms with Crippen molar-refractivity contribution < 1.29 is 4.79 Å². The van der Waals surface area contributed by atoms with Crippen LogP contribution < -0.4 is 5.32 Å². The quantitative estimate of drug-likeness (QED) is 0.763. The summed E-state index contributed by atoms with van der Waals surface area (Å²) in [6.07, 6.45) is 4.73. The number of hydrogen-bond acceptors (Lipinski definition) is 6. The van der Waals surface area contributed by atoms with Crippen LogP contribution in [0.3, 0.4) is 0 Å². The smallest absolute Gasteiger partial charge is 0.230 e. The lowest BCUT2D eigenvalue weighted by Gasteiger charge is -2.05. The van der Waals surface area contributed by atoms with Gasteiger partial charge in [-0.2, -0.15) is 0 Å². The molecule has 2 aromatic rings. The fraction of sp³-hybridized carbons (Fsp3) is 0.462. The molecule has 0 aliphatic heterocycles. The van der Waals surface area contributed by atoms with Crippen LogP contribution in [0.5, 0.6) is 0 Å². The van der Waals surface area contributed by atoms with Crippen molar-refractivity contribution in [3.05, 3.63) is 30.1 Å². The van der Waals surface area contributed by atoms with Gasteiger partial charge in [0.1, 0.15) is 0 Å². The molecule has 0 aromatic carbocycles. The maximum atomic E-state index is 11.8. The molecule has 1 N–H and O–H groups in total. The molecule has 0 unspecified atom stereocenters. The molecular weight excluding hydrogens is 288 g/mol. The van der Waals surface area contributed by atoms with Crippen LogP contribution in [0.1, 0.15) is 24.6 Å². The first-order chi connectivity index (χ1) is 10.3. The van der Waals surface area contributed by atoms with Gasteiger partial charge in [-0.15, -0.1) is 5.10 Å². The first-order valence-corrected chi connectivity index (χ1v) is 7.89. The summed E-state index contributed by atoms with van der Waals surface area (Å²) in [5, 5.41) is 15.2. The highest BCUT2D eigenvalue weighted by Crippen LogP contribution is 2.36. The van der Waals surface area contributed by atoms with Crippen LogP contribution in [-0.4, -0.2) is 43.4 Å². The number of hydrogen-bond donors (Lipinski definition) is 1. The monoisotopic (exact) mass is 304 g/mol. The molecule has 8 heteroatoms. The fourth-order valence-electron chi connectivity index (χ4n) is 1.89. The highest BCUT2D eigenvalue weighted by atomic mass is 32.2. The molecule has 1 amide bonds. The van der Waals surface area contributed by atoms with Crippen LogP contribution in [0.4, 0.5) is 0 Å². The number of carbonyl (C=O) groups excluding carboxylic acids is 1. The van der Waals surface area contributed by atoms with Crippen molar-refractivity contribution in [2.75, 3.05) is 12.3 Å². The molecule has 110 valence electrons. The Labute approximate surface area is 126 Å². The summed E-state index contributed by atoms with van der Waals surface area (Å²) in [6, 6.07) is 6.19. The van der Waals surface area contributed by atoms with E-state index < -0.39 is 0 Å². The van der Waals surface area contributed by atoms with Gasteiger partial charge in [0.25, 0.3) is 0 Å². The van der Waals surface area contributed by atoms with E-state index in [1.807, 2.05) is 22.9 Å². The third kappa shape index (κ3) is 4.01. The van der Waals surface area contributed by atoms with Crippen molar-refractivity contribution >= 4 is 17.7 Å². The Morgan fingerprint density at radius 3 is 3.10 bits per heavy atom. The van der Waals surface area contributed by atoms with Gasteiger partial charge in [0.2, 0.25) is 11.1 Å². The van der Waals surface area contributed by atoms with E-state index in [4.69, 9.17) is 0 Å². The van der Waals surface area contributed by atoms with E-state index in [9.17, 15) is 4.79 Å². The molecule has 1 aliphatic carbocycles. The average Bonchev–Trinajstić information content (AvgIpc) is 3.25. The molecule has 2 heterocycles. The number of aromatic nitrogens is 5. The Bertz CT molecular complexity index is 598. The minimum atomic E-state index is -0.0127. The Kier molecular flexibility index (Phi) is 4.44. The van der Waals surface area contributed by atoms with Gasteiger partial charge >= 0.3 is 0 Å². The van der Waals surface area contributed by atoms with Crippen molar-refractivity contribution in [1.29, 1.82) is 0 Å². The standard InChI is InChI=1S/C13H16N6OS/c20-12(15-8-6-10-3-1-2-7-14-10)9-21-13-16-17-18-19(13)11-4-5-11/h1-3,7,11H,4-6,8-9H2,(H,15,20). The summed E-state index contributed by atoms with van der Waals surface area (Å²) >= 11 is 1.38. The Morgan fingerprint density at radius 2 is 2.33 bits per heavy atom. The lowest BCUT2D eigenvalue weighted by molar-refractivity contribution is -0.118. The second kappa shape index (κ2) is 6.66. The number of thioether (sulfide) groups is 1. The molecule has 0 saturated heterocycles. The number of tetrazole rings is 1. The summed E-state index contributed by atoms with van der Waals surface area (Å²) in [5.74, 6) is 0.316. The van der Waals surface area contributed by atoms with E-state index in [1.165, 1.54) is 11.8 Å². The maximum Gasteiger partial charge on any atom is 0.230 e. The van der Waals surface area contributed by atoms with Crippen LogP contribution in [0.2, 0.25) is 0 Å². The SMILES string of the molecule is O=C(CSc1nnnn1C1CC1)NCCc1ccccn1. The van der Waals surface area contributed by atoms with Gasteiger partial charge in [-0.05, 0) is 35.4 Å². The number of nitrogens with one attached hydrogen (secondary N) is 1. The molecule has 0 radical (unpaired) electrons. The summed E-state index contributed by atoms with van der Waals surface area (Å²) < 4.78 is 1.81. The molecule has 0 spiro atoms. The zero-order valence-electron chi connectivity index (χ0n) is 11.5. The summed E-state index contributed by atoms with van der Waals surface area (Å²) in [6.45, 7) is 0.587. The molecule has 21 heavy (non-hydrogen) atoms. The number of nitrogens with zero attached hydrogens (tertiary/aromatic N) is 5. The van der Waals surface area contributed by atoms with E-state index in [2.05, 4.69) is 25.8 Å². The normalized spacial score (nSPS) is 14.1. The highest BCUT2D eigenvalue weighted by Gasteiger charge is 2.28. The molecule has 1 fully saturated rings. The largest absolute Gasteiger partial charge is 0.355 e. The first kappa shape index (κ1) is 14.0. The van der Waals surface area contributed by atoms with Crippen molar-refractivity contribution in [2.24, 2.45) is 0 Å². The minimum Gasteiger partial charge on any atom is -0.355 e. The van der Waals surface area contributed by atoms with E-state index in [0.29, 0.717) is 18.3 Å². The van der Waals surface area contributed by atoms with E-state index >= 15 is 0 Å². The topological polar surface area (TPSA) is 85.6 Å². The number of pyridine rings is 1. The number of rotatable bonds is 7. The molecule has 0 atom stereocenters. The van der Waals surface area contributed by atoms with Crippen LogP contribution in [0, 0.1) is 0 Å². The fourth-order valence-corrected chi connectivity index (χ4v) is 2.66. The second-order valence-corrected chi connectivity index (χ2v) is 5.79. The van der Waals surface area contributed by atoms with Gasteiger partial charge in [-0.3, -0.25) is 9.78 Å². The van der Waals surface area contributed by atoms with Crippen LogP contribution >= 0.6 is 11.8 Å². The van der Waals surface area contributed by atoms with Crippen molar-refractivity contribution in [2.45, 2.75) is 30.5 Å². The van der Waals surface area contributed by atoms with Crippen molar-refractivity contribution in [3.8, 4) is 0 Å². The Hall–Kier alpha value is -1.96. The van der Waals surface area contributed by atoms with Gasteiger partial charge in [0, 0.05) is 24.9 Å². The average molecular weight is 304 g/mol. The zero-order chi connectivity index (χ0) is 14.5. The lowest BCUT2D eigenvalue weighted by atomic mass is 10.3. The zero-order valence-corrected chi connectivity index (χ0v) is 12.3. The predicted molar refractivity (Wildman–Crippen MR) is 77.8 cm³/mol. The third-order valence-corrected chi connectivity index (χ3v) is 4.05. The molecular formula is C13H16N6OS. The first-order valence-electron chi connectivity index (χ1n) is 6.90. The van der Waals surface area contributed by atoms with Crippen LogP contribution in [-0.2, 0) is 11.2 Å². The van der Waals surface area contributed by atoms with E-state index in [1.54, 1.807) is 6.20 Å². The number of carbonyl (C=O) groups is 1. The summed E-state index contributed by atoms with van der Waals surface area (Å²) in [7, 11) is 0. The Balaban J connectivity index is 1.39. The van der Waals surface area contributed by atoms with Gasteiger partial charge in [0.15, 0.2) is 0 Å². The summed E-state index contributed by atoms with van der Waals surface area (Å²) in [4.78, 5) is 16.0.